The molecule has 5 nitrogen and oxygen atoms in total. The maximum Gasteiger partial charge on any atom is 0.262 e. The number of carbonyl (C=O) groups excluding carboxylic acids is 4. The predicted octanol–water partition coefficient (Wildman–Crippen LogP) is 0.973. The largest absolute Gasteiger partial charge is 0.299 e. The summed E-state index contributed by atoms with van der Waals surface area (Å²) < 4.78 is 0. The average Bonchev–Trinajstić information content (AvgIpc) is 2.64. The monoisotopic (exact) mass is 257 g/mol. The van der Waals surface area contributed by atoms with Crippen LogP contribution in [0, 0.1) is 0 Å². The summed E-state index contributed by atoms with van der Waals surface area (Å²) in [5, 5.41) is 0. The van der Waals surface area contributed by atoms with Crippen LogP contribution >= 0.6 is 0 Å². The minimum absolute atomic E-state index is 0.127. The number of benzene rings is 1. The molecule has 3 rings (SSSR count). The number of hydrogen-bond acceptors (Lipinski definition) is 4. The lowest BCUT2D eigenvalue weighted by Gasteiger charge is -2.27. The fraction of sp³-hybridized carbons (Fsp3) is 0.286. The third kappa shape index (κ3) is 1.69. The molecule has 1 fully saturated rings. The molecule has 0 aromatic heterocycles. The zero-order valence-corrected chi connectivity index (χ0v) is 10.1. The van der Waals surface area contributed by atoms with Gasteiger partial charge in [0.25, 0.3) is 11.8 Å². The van der Waals surface area contributed by atoms with Crippen LogP contribution in [-0.4, -0.2) is 34.3 Å². The highest BCUT2D eigenvalue weighted by atomic mass is 16.2. The maximum absolute atomic E-state index is 12.2. The summed E-state index contributed by atoms with van der Waals surface area (Å²) in [4.78, 5) is 48.5. The number of Topliss-reactive ketones (excluding diaryl/α,β-unsaturated/α-hetero) is 2. The number of rotatable bonds is 1. The fourth-order valence-corrected chi connectivity index (χ4v) is 2.62. The third-order valence-electron chi connectivity index (χ3n) is 3.58. The zero-order valence-electron chi connectivity index (χ0n) is 10.1. The molecule has 2 amide bonds. The van der Waals surface area contributed by atoms with E-state index in [4.69, 9.17) is 0 Å². The topological polar surface area (TPSA) is 71.5 Å². The van der Waals surface area contributed by atoms with Crippen LogP contribution in [0.2, 0.25) is 0 Å². The summed E-state index contributed by atoms with van der Waals surface area (Å²) in [5.41, 5.74) is 0.661. The SMILES string of the molecule is O=C1CCC(N2C(=O)c3ccccc3C2=O)C(=O)C1. The Kier molecular flexibility index (Phi) is 2.55. The number of hydrogen-bond donors (Lipinski definition) is 0. The van der Waals surface area contributed by atoms with E-state index in [0.29, 0.717) is 11.1 Å². The molecule has 96 valence electrons. The Bertz CT molecular complexity index is 585. The van der Waals surface area contributed by atoms with E-state index in [1.54, 1.807) is 24.3 Å². The van der Waals surface area contributed by atoms with E-state index in [-0.39, 0.29) is 30.8 Å². The first-order valence-electron chi connectivity index (χ1n) is 6.11. The Morgan fingerprint density at radius 1 is 0.947 bits per heavy atom. The van der Waals surface area contributed by atoms with Crippen molar-refractivity contribution in [2.75, 3.05) is 0 Å². The van der Waals surface area contributed by atoms with Crippen molar-refractivity contribution in [3.8, 4) is 0 Å². The van der Waals surface area contributed by atoms with Crippen molar-refractivity contribution in [2.45, 2.75) is 25.3 Å². The van der Waals surface area contributed by atoms with E-state index in [2.05, 4.69) is 0 Å². The lowest BCUT2D eigenvalue weighted by atomic mass is 9.92. The molecule has 0 spiro atoms. The van der Waals surface area contributed by atoms with Gasteiger partial charge in [-0.1, -0.05) is 12.1 Å². The molecule has 1 atom stereocenters. The van der Waals surface area contributed by atoms with Gasteiger partial charge in [0.1, 0.15) is 5.78 Å². The molecule has 0 N–H and O–H groups in total. The number of imide groups is 1. The molecule has 19 heavy (non-hydrogen) atoms. The summed E-state index contributed by atoms with van der Waals surface area (Å²) in [7, 11) is 0. The number of nitrogens with zero attached hydrogens (tertiary/aromatic N) is 1. The molecule has 1 aliphatic heterocycles. The molecule has 1 saturated carbocycles. The molecular formula is C14H11NO4. The molecule has 2 aliphatic rings. The molecule has 0 saturated heterocycles. The second-order valence-corrected chi connectivity index (χ2v) is 4.76. The van der Waals surface area contributed by atoms with Crippen molar-refractivity contribution in [2.24, 2.45) is 0 Å². The summed E-state index contributed by atoms with van der Waals surface area (Å²) in [5.74, 6) is -1.34. The first-order valence-corrected chi connectivity index (χ1v) is 6.11. The molecular weight excluding hydrogens is 246 g/mol. The Hall–Kier alpha value is -2.30. The minimum atomic E-state index is -0.787. The second kappa shape index (κ2) is 4.12. The van der Waals surface area contributed by atoms with E-state index in [9.17, 15) is 19.2 Å². The number of fused-ring (bicyclic) bond motifs is 1. The molecule has 1 aromatic carbocycles. The highest BCUT2D eigenvalue weighted by molar-refractivity contribution is 6.23. The lowest BCUT2D eigenvalue weighted by Crippen LogP contribution is -2.47. The van der Waals surface area contributed by atoms with E-state index >= 15 is 0 Å². The van der Waals surface area contributed by atoms with Gasteiger partial charge in [0.2, 0.25) is 0 Å². The summed E-state index contributed by atoms with van der Waals surface area (Å²) in [6.45, 7) is 0. The van der Waals surface area contributed by atoms with Gasteiger partial charge in [0, 0.05) is 6.42 Å². The van der Waals surface area contributed by atoms with E-state index in [1.807, 2.05) is 0 Å². The van der Waals surface area contributed by atoms with Gasteiger partial charge in [0.05, 0.1) is 23.6 Å². The molecule has 1 aliphatic carbocycles. The van der Waals surface area contributed by atoms with Crippen molar-refractivity contribution >= 4 is 23.4 Å². The van der Waals surface area contributed by atoms with Crippen LogP contribution in [0.15, 0.2) is 24.3 Å². The quantitative estimate of drug-likeness (QED) is 0.555. The summed E-state index contributed by atoms with van der Waals surface area (Å²) >= 11 is 0. The van der Waals surface area contributed by atoms with E-state index in [1.165, 1.54) is 0 Å². The number of carbonyl (C=O) groups is 4. The Balaban J connectivity index is 1.96. The van der Waals surface area contributed by atoms with E-state index in [0.717, 1.165) is 4.90 Å². The summed E-state index contributed by atoms with van der Waals surface area (Å²) in [6, 6.07) is 5.73. The third-order valence-corrected chi connectivity index (χ3v) is 3.58. The van der Waals surface area contributed by atoms with Gasteiger partial charge < -0.3 is 0 Å². The normalized spacial score (nSPS) is 22.9. The number of ketones is 2. The highest BCUT2D eigenvalue weighted by Crippen LogP contribution is 2.28. The molecule has 0 radical (unpaired) electrons. The van der Waals surface area contributed by atoms with Gasteiger partial charge in [-0.2, -0.15) is 0 Å². The molecule has 1 aromatic rings. The Morgan fingerprint density at radius 3 is 2.05 bits per heavy atom. The highest BCUT2D eigenvalue weighted by Gasteiger charge is 2.43. The van der Waals surface area contributed by atoms with Gasteiger partial charge >= 0.3 is 0 Å². The van der Waals surface area contributed by atoms with Crippen molar-refractivity contribution < 1.29 is 19.2 Å². The van der Waals surface area contributed by atoms with Gasteiger partial charge in [-0.05, 0) is 18.6 Å². The van der Waals surface area contributed by atoms with Gasteiger partial charge in [-0.3, -0.25) is 24.1 Å². The predicted molar refractivity (Wildman–Crippen MR) is 64.6 cm³/mol. The Labute approximate surface area is 109 Å². The molecule has 1 unspecified atom stereocenters. The zero-order chi connectivity index (χ0) is 13.6. The average molecular weight is 257 g/mol. The van der Waals surface area contributed by atoms with Crippen molar-refractivity contribution in [3.63, 3.8) is 0 Å². The second-order valence-electron chi connectivity index (χ2n) is 4.76. The minimum Gasteiger partial charge on any atom is -0.299 e. The van der Waals surface area contributed by atoms with Crippen LogP contribution in [0.25, 0.3) is 0 Å². The van der Waals surface area contributed by atoms with Crippen molar-refractivity contribution in [1.29, 1.82) is 0 Å². The van der Waals surface area contributed by atoms with Gasteiger partial charge in [-0.25, -0.2) is 0 Å². The fourth-order valence-electron chi connectivity index (χ4n) is 2.62. The summed E-state index contributed by atoms with van der Waals surface area (Å²) in [6.07, 6.45) is 0.297. The standard InChI is InChI=1S/C14H11NO4/c16-8-5-6-11(12(17)7-8)15-13(18)9-3-1-2-4-10(9)14(15)19/h1-4,11H,5-7H2. The van der Waals surface area contributed by atoms with Crippen LogP contribution in [0.3, 0.4) is 0 Å². The molecule has 0 bridgehead atoms. The first kappa shape index (κ1) is 11.8. The number of amides is 2. The first-order chi connectivity index (χ1) is 9.09. The maximum atomic E-state index is 12.2. The van der Waals surface area contributed by atoms with Crippen molar-refractivity contribution in [1.82, 2.24) is 4.90 Å². The van der Waals surface area contributed by atoms with Gasteiger partial charge in [-0.15, -0.1) is 0 Å². The van der Waals surface area contributed by atoms with Crippen LogP contribution in [-0.2, 0) is 9.59 Å². The molecule has 5 heteroatoms. The van der Waals surface area contributed by atoms with Crippen LogP contribution < -0.4 is 0 Å². The van der Waals surface area contributed by atoms with Crippen LogP contribution in [0.5, 0.6) is 0 Å². The lowest BCUT2D eigenvalue weighted by molar-refractivity contribution is -0.132. The van der Waals surface area contributed by atoms with Gasteiger partial charge in [0.15, 0.2) is 5.78 Å². The van der Waals surface area contributed by atoms with Crippen LogP contribution in [0.4, 0.5) is 0 Å². The smallest absolute Gasteiger partial charge is 0.262 e. The van der Waals surface area contributed by atoms with Crippen molar-refractivity contribution in [3.05, 3.63) is 35.4 Å². The van der Waals surface area contributed by atoms with Crippen LogP contribution in [0.1, 0.15) is 40.0 Å². The Morgan fingerprint density at radius 2 is 1.53 bits per heavy atom. The van der Waals surface area contributed by atoms with E-state index < -0.39 is 17.9 Å². The molecule has 1 heterocycles.